The highest BCUT2D eigenvalue weighted by atomic mass is 19.4. The van der Waals surface area contributed by atoms with Crippen LogP contribution in [-0.4, -0.2) is 21.9 Å². The summed E-state index contributed by atoms with van der Waals surface area (Å²) in [6.07, 6.45) is -4.29. The van der Waals surface area contributed by atoms with Gasteiger partial charge in [0.1, 0.15) is 11.3 Å². The quantitative estimate of drug-likeness (QED) is 0.863. The Balaban J connectivity index is 2.60. The van der Waals surface area contributed by atoms with Gasteiger partial charge in [0, 0.05) is 12.1 Å². The van der Waals surface area contributed by atoms with Gasteiger partial charge in [0.05, 0.1) is 6.20 Å². The van der Waals surface area contributed by atoms with E-state index in [1.807, 2.05) is 5.10 Å². The molecule has 1 amide bonds. The van der Waals surface area contributed by atoms with Gasteiger partial charge in [-0.1, -0.05) is 0 Å². The zero-order chi connectivity index (χ0) is 14.0. The van der Waals surface area contributed by atoms with Gasteiger partial charge in [-0.3, -0.25) is 5.10 Å². The van der Waals surface area contributed by atoms with E-state index in [2.05, 4.69) is 10.4 Å². The number of hydrogen-bond donors (Lipinski definition) is 2. The fourth-order valence-corrected chi connectivity index (χ4v) is 1.17. The molecule has 0 aromatic carbocycles. The number of amides is 1. The van der Waals surface area contributed by atoms with Crippen LogP contribution in [0.3, 0.4) is 0 Å². The molecule has 0 radical (unpaired) electrons. The molecule has 0 saturated heterocycles. The van der Waals surface area contributed by atoms with Crippen molar-refractivity contribution >= 4 is 6.09 Å². The van der Waals surface area contributed by atoms with Crippen molar-refractivity contribution in [2.45, 2.75) is 39.1 Å². The Morgan fingerprint density at radius 3 is 2.56 bits per heavy atom. The van der Waals surface area contributed by atoms with Crippen molar-refractivity contribution in [2.75, 3.05) is 0 Å². The number of H-pyrrole nitrogens is 1. The molecule has 0 fully saturated rings. The van der Waals surface area contributed by atoms with Gasteiger partial charge in [0.2, 0.25) is 0 Å². The van der Waals surface area contributed by atoms with Crippen LogP contribution in [0, 0.1) is 0 Å². The van der Waals surface area contributed by atoms with Gasteiger partial charge in [-0.25, -0.2) is 4.79 Å². The molecule has 0 bridgehead atoms. The Morgan fingerprint density at radius 2 is 2.06 bits per heavy atom. The number of carbonyl (C=O) groups excluding carboxylic acids is 1. The van der Waals surface area contributed by atoms with E-state index in [0.29, 0.717) is 0 Å². The minimum absolute atomic E-state index is 0.145. The van der Waals surface area contributed by atoms with Gasteiger partial charge in [-0.15, -0.1) is 0 Å². The summed E-state index contributed by atoms with van der Waals surface area (Å²) in [7, 11) is 0. The largest absolute Gasteiger partial charge is 0.444 e. The van der Waals surface area contributed by atoms with Crippen molar-refractivity contribution in [3.63, 3.8) is 0 Å². The zero-order valence-electron chi connectivity index (χ0n) is 10.2. The molecule has 0 spiro atoms. The lowest BCUT2D eigenvalue weighted by Crippen LogP contribution is -2.32. The van der Waals surface area contributed by atoms with E-state index in [0.717, 1.165) is 6.20 Å². The summed E-state index contributed by atoms with van der Waals surface area (Å²) in [6.45, 7) is 4.67. The molecule has 1 aromatic heterocycles. The first-order valence-electron chi connectivity index (χ1n) is 5.16. The molecule has 0 saturated carbocycles. The minimum atomic E-state index is -4.53. The third kappa shape index (κ3) is 4.27. The molecule has 0 unspecified atom stereocenters. The van der Waals surface area contributed by atoms with E-state index in [-0.39, 0.29) is 12.1 Å². The van der Waals surface area contributed by atoms with Gasteiger partial charge in [-0.05, 0) is 20.8 Å². The lowest BCUT2D eigenvalue weighted by Gasteiger charge is -2.19. The lowest BCUT2D eigenvalue weighted by atomic mass is 10.2. The number of hydrogen-bond acceptors (Lipinski definition) is 3. The third-order valence-electron chi connectivity index (χ3n) is 1.82. The van der Waals surface area contributed by atoms with Crippen molar-refractivity contribution in [1.82, 2.24) is 15.5 Å². The SMILES string of the molecule is CC(C)(C)OC(=O)NCc1cn[nH]c1C(F)(F)F. The van der Waals surface area contributed by atoms with Crippen molar-refractivity contribution in [3.8, 4) is 0 Å². The summed E-state index contributed by atoms with van der Waals surface area (Å²) in [5, 5.41) is 7.39. The number of aromatic nitrogens is 2. The van der Waals surface area contributed by atoms with Crippen LogP contribution in [0.1, 0.15) is 32.0 Å². The van der Waals surface area contributed by atoms with Crippen molar-refractivity contribution in [2.24, 2.45) is 0 Å². The summed E-state index contributed by atoms with van der Waals surface area (Å²) >= 11 is 0. The number of rotatable bonds is 2. The summed E-state index contributed by atoms with van der Waals surface area (Å²) in [4.78, 5) is 11.3. The molecule has 1 aromatic rings. The third-order valence-corrected chi connectivity index (χ3v) is 1.82. The smallest absolute Gasteiger partial charge is 0.433 e. The highest BCUT2D eigenvalue weighted by molar-refractivity contribution is 5.67. The molecule has 102 valence electrons. The number of alkyl halides is 3. The molecule has 0 aliphatic heterocycles. The predicted molar refractivity (Wildman–Crippen MR) is 56.7 cm³/mol. The first-order chi connectivity index (χ1) is 8.09. The molecule has 0 atom stereocenters. The van der Waals surface area contributed by atoms with Crippen LogP contribution >= 0.6 is 0 Å². The molecule has 0 aliphatic rings. The molecule has 0 aliphatic carbocycles. The van der Waals surface area contributed by atoms with E-state index in [1.165, 1.54) is 0 Å². The molecule has 5 nitrogen and oxygen atoms in total. The zero-order valence-corrected chi connectivity index (χ0v) is 10.2. The van der Waals surface area contributed by atoms with Gasteiger partial charge in [-0.2, -0.15) is 18.3 Å². The molecular weight excluding hydrogens is 251 g/mol. The Hall–Kier alpha value is -1.73. The Labute approximate surface area is 102 Å². The van der Waals surface area contributed by atoms with Gasteiger partial charge in [0.15, 0.2) is 0 Å². The molecule has 18 heavy (non-hydrogen) atoms. The number of carbonyl (C=O) groups is 1. The maximum atomic E-state index is 12.5. The molecular formula is C10H14F3N3O2. The second-order valence-corrected chi connectivity index (χ2v) is 4.62. The maximum Gasteiger partial charge on any atom is 0.433 e. The topological polar surface area (TPSA) is 67.0 Å². The number of nitrogens with zero attached hydrogens (tertiary/aromatic N) is 1. The van der Waals surface area contributed by atoms with E-state index in [9.17, 15) is 18.0 Å². The summed E-state index contributed by atoms with van der Waals surface area (Å²) < 4.78 is 42.3. The second kappa shape index (κ2) is 4.87. The van der Waals surface area contributed by atoms with Crippen LogP contribution in [0.15, 0.2) is 6.20 Å². The number of aromatic amines is 1. The Kier molecular flexibility index (Phi) is 3.88. The molecule has 1 heterocycles. The number of ether oxygens (including phenoxy) is 1. The first-order valence-corrected chi connectivity index (χ1v) is 5.16. The molecule has 1 rings (SSSR count). The maximum absolute atomic E-state index is 12.5. The average Bonchev–Trinajstić information content (AvgIpc) is 2.58. The molecule has 2 N–H and O–H groups in total. The van der Waals surface area contributed by atoms with E-state index in [4.69, 9.17) is 4.74 Å². The van der Waals surface area contributed by atoms with Crippen LogP contribution in [-0.2, 0) is 17.5 Å². The number of nitrogens with one attached hydrogen (secondary N) is 2. The Morgan fingerprint density at radius 1 is 1.44 bits per heavy atom. The summed E-state index contributed by atoms with van der Waals surface area (Å²) in [6, 6.07) is 0. The van der Waals surface area contributed by atoms with E-state index < -0.39 is 23.6 Å². The van der Waals surface area contributed by atoms with E-state index in [1.54, 1.807) is 20.8 Å². The van der Waals surface area contributed by atoms with Crippen LogP contribution in [0.4, 0.5) is 18.0 Å². The van der Waals surface area contributed by atoms with Crippen molar-refractivity contribution < 1.29 is 22.7 Å². The van der Waals surface area contributed by atoms with Crippen molar-refractivity contribution in [3.05, 3.63) is 17.5 Å². The van der Waals surface area contributed by atoms with E-state index >= 15 is 0 Å². The normalized spacial score (nSPS) is 12.3. The van der Waals surface area contributed by atoms with Crippen LogP contribution in [0.5, 0.6) is 0 Å². The minimum Gasteiger partial charge on any atom is -0.444 e. The van der Waals surface area contributed by atoms with Gasteiger partial charge >= 0.3 is 12.3 Å². The number of alkyl carbamates (subject to hydrolysis) is 1. The van der Waals surface area contributed by atoms with Crippen LogP contribution < -0.4 is 5.32 Å². The predicted octanol–water partition coefficient (Wildman–Crippen LogP) is 2.45. The fraction of sp³-hybridized carbons (Fsp3) is 0.600. The highest BCUT2D eigenvalue weighted by Crippen LogP contribution is 2.29. The Bertz CT molecular complexity index is 421. The summed E-state index contributed by atoms with van der Waals surface area (Å²) in [5.41, 5.74) is -1.82. The highest BCUT2D eigenvalue weighted by Gasteiger charge is 2.35. The standard InChI is InChI=1S/C10H14F3N3O2/c1-9(2,3)18-8(17)14-4-6-5-15-16-7(6)10(11,12)13/h5H,4H2,1-3H3,(H,14,17)(H,15,16). The first kappa shape index (κ1) is 14.3. The number of halogens is 3. The fourth-order valence-electron chi connectivity index (χ4n) is 1.17. The average molecular weight is 265 g/mol. The molecule has 8 heteroatoms. The van der Waals surface area contributed by atoms with Crippen LogP contribution in [0.25, 0.3) is 0 Å². The van der Waals surface area contributed by atoms with Crippen LogP contribution in [0.2, 0.25) is 0 Å². The van der Waals surface area contributed by atoms with Crippen molar-refractivity contribution in [1.29, 1.82) is 0 Å². The lowest BCUT2D eigenvalue weighted by molar-refractivity contribution is -0.141. The monoisotopic (exact) mass is 265 g/mol. The van der Waals surface area contributed by atoms with Gasteiger partial charge < -0.3 is 10.1 Å². The summed E-state index contributed by atoms with van der Waals surface area (Å²) in [5.74, 6) is 0. The second-order valence-electron chi connectivity index (χ2n) is 4.62. The van der Waals surface area contributed by atoms with Gasteiger partial charge in [0.25, 0.3) is 0 Å².